The van der Waals surface area contributed by atoms with Gasteiger partial charge in [0.1, 0.15) is 5.60 Å². The smallest absolute Gasteiger partial charge is 0.410 e. The van der Waals surface area contributed by atoms with Crippen LogP contribution in [0.3, 0.4) is 0 Å². The lowest BCUT2D eigenvalue weighted by atomic mass is 9.95. The number of hydrogen-bond donors (Lipinski definition) is 1. The third kappa shape index (κ3) is 5.85. The molecule has 0 bridgehead atoms. The zero-order valence-electron chi connectivity index (χ0n) is 12.0. The van der Waals surface area contributed by atoms with Crippen molar-refractivity contribution in [2.75, 3.05) is 25.1 Å². The summed E-state index contributed by atoms with van der Waals surface area (Å²) in [5.74, 6) is 1.68. The van der Waals surface area contributed by atoms with Gasteiger partial charge < -0.3 is 9.64 Å². The number of ether oxygens (including phenoxy) is 1. The van der Waals surface area contributed by atoms with Gasteiger partial charge >= 0.3 is 6.09 Å². The number of amides is 1. The molecule has 106 valence electrons. The number of likely N-dealkylation sites (tertiary alicyclic amines) is 1. The van der Waals surface area contributed by atoms with E-state index < -0.39 is 5.60 Å². The van der Waals surface area contributed by atoms with Crippen molar-refractivity contribution in [2.45, 2.75) is 45.6 Å². The van der Waals surface area contributed by atoms with Gasteiger partial charge in [0.2, 0.25) is 0 Å². The highest BCUT2D eigenvalue weighted by atomic mass is 32.2. The van der Waals surface area contributed by atoms with Crippen molar-refractivity contribution in [1.82, 2.24) is 4.90 Å². The largest absolute Gasteiger partial charge is 0.444 e. The summed E-state index contributed by atoms with van der Waals surface area (Å²) >= 11 is 0. The van der Waals surface area contributed by atoms with Gasteiger partial charge in [0.15, 0.2) is 0 Å². The second-order valence-electron chi connectivity index (χ2n) is 6.04. The molecule has 1 heterocycles. The molecule has 18 heavy (non-hydrogen) atoms. The summed E-state index contributed by atoms with van der Waals surface area (Å²) in [5, 5.41) is 0. The molecule has 0 aromatic rings. The van der Waals surface area contributed by atoms with Gasteiger partial charge in [-0.1, -0.05) is 0 Å². The Kier molecular flexibility index (Phi) is 5.63. The number of hydrogen-bond acceptors (Lipinski definition) is 3. The van der Waals surface area contributed by atoms with Gasteiger partial charge in [-0.15, -0.1) is 10.7 Å². The molecule has 1 atom stereocenters. The van der Waals surface area contributed by atoms with E-state index in [1.54, 1.807) is 0 Å². The Hall–Kier alpha value is -0.580. The Bertz CT molecular complexity index is 305. The van der Waals surface area contributed by atoms with E-state index in [0.717, 1.165) is 38.1 Å². The topological polar surface area (TPSA) is 53.4 Å². The third-order valence-corrected chi connectivity index (χ3v) is 3.95. The van der Waals surface area contributed by atoms with Crippen LogP contribution >= 0.6 is 0 Å². The molecule has 0 saturated carbocycles. The van der Waals surface area contributed by atoms with Gasteiger partial charge in [0.25, 0.3) is 0 Å². The summed E-state index contributed by atoms with van der Waals surface area (Å²) in [5.41, 5.74) is -0.407. The van der Waals surface area contributed by atoms with E-state index >= 15 is 0 Å². The molecule has 5 heteroatoms. The lowest BCUT2D eigenvalue weighted by molar-refractivity contribution is 0.0183. The number of nitrogens with zero attached hydrogens (tertiary/aromatic N) is 1. The van der Waals surface area contributed by atoms with Crippen LogP contribution < -0.4 is 0 Å². The van der Waals surface area contributed by atoms with Crippen molar-refractivity contribution in [1.29, 1.82) is 4.78 Å². The SMILES string of the molecule is CS(=N)CCC1CCN(C(=O)OC(C)(C)C)CC1. The molecule has 0 aromatic carbocycles. The molecule has 1 rings (SSSR count). The van der Waals surface area contributed by atoms with E-state index in [4.69, 9.17) is 9.52 Å². The summed E-state index contributed by atoms with van der Waals surface area (Å²) in [4.78, 5) is 13.7. The van der Waals surface area contributed by atoms with Gasteiger partial charge in [-0.3, -0.25) is 4.78 Å². The highest BCUT2D eigenvalue weighted by Gasteiger charge is 2.26. The lowest BCUT2D eigenvalue weighted by Gasteiger charge is -2.33. The summed E-state index contributed by atoms with van der Waals surface area (Å²) in [7, 11) is -0.203. The Labute approximate surface area is 113 Å². The van der Waals surface area contributed by atoms with Crippen molar-refractivity contribution in [2.24, 2.45) is 5.92 Å². The second kappa shape index (κ2) is 6.55. The highest BCUT2D eigenvalue weighted by Crippen LogP contribution is 2.22. The summed E-state index contributed by atoms with van der Waals surface area (Å²) in [6.07, 6.45) is 5.02. The van der Waals surface area contributed by atoms with Crippen LogP contribution in [-0.4, -0.2) is 41.7 Å². The normalized spacial score (nSPS) is 19.7. The number of carbonyl (C=O) groups excluding carboxylic acids is 1. The maximum atomic E-state index is 11.9. The quantitative estimate of drug-likeness (QED) is 0.860. The first-order valence-corrected chi connectivity index (χ1v) is 8.40. The predicted octanol–water partition coefficient (Wildman–Crippen LogP) is 3.03. The van der Waals surface area contributed by atoms with Gasteiger partial charge in [0, 0.05) is 18.8 Å². The van der Waals surface area contributed by atoms with Gasteiger partial charge in [-0.2, -0.15) is 0 Å². The van der Waals surface area contributed by atoms with Gasteiger partial charge in [-0.25, -0.2) is 4.79 Å². The highest BCUT2D eigenvalue weighted by molar-refractivity contribution is 7.85. The average molecular weight is 274 g/mol. The van der Waals surface area contributed by atoms with Crippen molar-refractivity contribution in [3.8, 4) is 0 Å². The minimum Gasteiger partial charge on any atom is -0.444 e. The Morgan fingerprint density at radius 1 is 1.39 bits per heavy atom. The van der Waals surface area contributed by atoms with E-state index in [1.807, 2.05) is 31.9 Å². The standard InChI is InChI=1S/C13H26N2O2S/c1-13(2,3)17-12(16)15-8-5-11(6-9-15)7-10-18(4)14/h11,14H,5-10H2,1-4H3. The lowest BCUT2D eigenvalue weighted by Crippen LogP contribution is -2.41. The molecular formula is C13H26N2O2S. The number of piperidine rings is 1. The molecule has 1 saturated heterocycles. The van der Waals surface area contributed by atoms with Crippen LogP contribution in [0.5, 0.6) is 0 Å². The summed E-state index contributed by atoms with van der Waals surface area (Å²) < 4.78 is 12.9. The zero-order valence-corrected chi connectivity index (χ0v) is 12.8. The fourth-order valence-electron chi connectivity index (χ4n) is 2.07. The third-order valence-electron chi connectivity index (χ3n) is 3.10. The Morgan fingerprint density at radius 3 is 2.39 bits per heavy atom. The molecule has 1 N–H and O–H groups in total. The summed E-state index contributed by atoms with van der Waals surface area (Å²) in [6, 6.07) is 0. The molecular weight excluding hydrogens is 248 g/mol. The van der Waals surface area contributed by atoms with Crippen molar-refractivity contribution < 1.29 is 9.53 Å². The van der Waals surface area contributed by atoms with E-state index in [0.29, 0.717) is 5.92 Å². The van der Waals surface area contributed by atoms with Crippen LogP contribution in [0.2, 0.25) is 0 Å². The van der Waals surface area contributed by atoms with Crippen LogP contribution in [0.25, 0.3) is 0 Å². The number of nitrogens with one attached hydrogen (secondary N) is 1. The monoisotopic (exact) mass is 274 g/mol. The molecule has 0 aromatic heterocycles. The first kappa shape index (κ1) is 15.5. The van der Waals surface area contributed by atoms with Crippen LogP contribution in [-0.2, 0) is 15.4 Å². The van der Waals surface area contributed by atoms with E-state index in [2.05, 4.69) is 0 Å². The first-order valence-electron chi connectivity index (χ1n) is 6.59. The van der Waals surface area contributed by atoms with Crippen molar-refractivity contribution in [3.05, 3.63) is 0 Å². The predicted molar refractivity (Wildman–Crippen MR) is 76.0 cm³/mol. The first-order chi connectivity index (χ1) is 8.28. The minimum atomic E-state index is -0.407. The van der Waals surface area contributed by atoms with Gasteiger partial charge in [0.05, 0.1) is 0 Å². The van der Waals surface area contributed by atoms with Crippen molar-refractivity contribution >= 4 is 16.8 Å². The fraction of sp³-hybridized carbons (Fsp3) is 0.923. The molecule has 0 radical (unpaired) electrons. The van der Waals surface area contributed by atoms with Crippen LogP contribution in [0.4, 0.5) is 4.79 Å². The average Bonchev–Trinajstić information content (AvgIpc) is 2.24. The van der Waals surface area contributed by atoms with Crippen molar-refractivity contribution in [3.63, 3.8) is 0 Å². The number of carbonyl (C=O) groups is 1. The molecule has 1 aliphatic heterocycles. The summed E-state index contributed by atoms with van der Waals surface area (Å²) in [6.45, 7) is 7.29. The maximum Gasteiger partial charge on any atom is 0.410 e. The van der Waals surface area contributed by atoms with E-state index in [1.165, 1.54) is 0 Å². The molecule has 0 aliphatic carbocycles. The zero-order chi connectivity index (χ0) is 13.8. The van der Waals surface area contributed by atoms with Crippen LogP contribution in [0, 0.1) is 10.7 Å². The minimum absolute atomic E-state index is 0.184. The Balaban J connectivity index is 2.30. The maximum absolute atomic E-state index is 11.9. The molecule has 1 amide bonds. The molecule has 1 aliphatic rings. The van der Waals surface area contributed by atoms with Crippen LogP contribution in [0.15, 0.2) is 0 Å². The van der Waals surface area contributed by atoms with Gasteiger partial charge in [-0.05, 0) is 52.2 Å². The van der Waals surface area contributed by atoms with E-state index in [9.17, 15) is 4.79 Å². The van der Waals surface area contributed by atoms with E-state index in [-0.39, 0.29) is 16.8 Å². The van der Waals surface area contributed by atoms with Crippen LogP contribution in [0.1, 0.15) is 40.0 Å². The molecule has 1 unspecified atom stereocenters. The molecule has 0 spiro atoms. The molecule has 4 nitrogen and oxygen atoms in total. The fourth-order valence-corrected chi connectivity index (χ4v) is 2.76. The Morgan fingerprint density at radius 2 is 1.94 bits per heavy atom. The number of rotatable bonds is 3. The molecule has 1 fully saturated rings. The second-order valence-corrected chi connectivity index (χ2v) is 7.72.